The van der Waals surface area contributed by atoms with Crippen LogP contribution in [0.4, 0.5) is 0 Å². The van der Waals surface area contributed by atoms with Gasteiger partial charge in [-0.25, -0.2) is 14.8 Å². The van der Waals surface area contributed by atoms with Crippen LogP contribution < -0.4 is 0 Å². The summed E-state index contributed by atoms with van der Waals surface area (Å²) < 4.78 is 4.57. The first-order valence-electron chi connectivity index (χ1n) is 4.67. The predicted octanol–water partition coefficient (Wildman–Crippen LogP) is 2.30. The SMILES string of the molecule is COC(=O)c1ccc(-c2nc(C)cs2)cn1. The molecule has 0 spiro atoms. The number of esters is 1. The molecule has 0 saturated carbocycles. The van der Waals surface area contributed by atoms with Crippen molar-refractivity contribution in [3.05, 3.63) is 35.1 Å². The number of pyridine rings is 1. The average Bonchev–Trinajstić information content (AvgIpc) is 2.75. The van der Waals surface area contributed by atoms with Gasteiger partial charge in [0.05, 0.1) is 7.11 Å². The molecule has 0 fully saturated rings. The molecule has 16 heavy (non-hydrogen) atoms. The molecule has 0 unspecified atom stereocenters. The standard InChI is InChI=1S/C11H10N2O2S/c1-7-6-16-10(13-7)8-3-4-9(12-5-8)11(14)15-2/h3-6H,1-2H3. The largest absolute Gasteiger partial charge is 0.464 e. The molecule has 2 aromatic rings. The Kier molecular flexibility index (Phi) is 2.96. The molecular weight excluding hydrogens is 224 g/mol. The molecule has 2 rings (SSSR count). The molecule has 0 aliphatic rings. The van der Waals surface area contributed by atoms with Crippen molar-refractivity contribution >= 4 is 17.3 Å². The van der Waals surface area contributed by atoms with Gasteiger partial charge in [-0.3, -0.25) is 0 Å². The van der Waals surface area contributed by atoms with E-state index in [4.69, 9.17) is 0 Å². The molecule has 2 aromatic heterocycles. The molecule has 2 heterocycles. The minimum Gasteiger partial charge on any atom is -0.464 e. The van der Waals surface area contributed by atoms with Gasteiger partial charge >= 0.3 is 5.97 Å². The Morgan fingerprint density at radius 3 is 2.75 bits per heavy atom. The molecule has 5 heteroatoms. The van der Waals surface area contributed by atoms with Gasteiger partial charge in [0.15, 0.2) is 0 Å². The van der Waals surface area contributed by atoms with Crippen molar-refractivity contribution in [3.8, 4) is 10.6 Å². The van der Waals surface area contributed by atoms with Crippen LogP contribution in [0, 0.1) is 6.92 Å². The summed E-state index contributed by atoms with van der Waals surface area (Å²) in [6.45, 7) is 1.94. The van der Waals surface area contributed by atoms with Crippen molar-refractivity contribution in [1.82, 2.24) is 9.97 Å². The number of aromatic nitrogens is 2. The van der Waals surface area contributed by atoms with Crippen LogP contribution in [-0.2, 0) is 4.74 Å². The Morgan fingerprint density at radius 1 is 1.44 bits per heavy atom. The maximum absolute atomic E-state index is 11.2. The van der Waals surface area contributed by atoms with Crippen LogP contribution in [0.15, 0.2) is 23.7 Å². The quantitative estimate of drug-likeness (QED) is 0.748. The number of aryl methyl sites for hydroxylation is 1. The summed E-state index contributed by atoms with van der Waals surface area (Å²) in [7, 11) is 1.34. The highest BCUT2D eigenvalue weighted by molar-refractivity contribution is 7.13. The van der Waals surface area contributed by atoms with E-state index in [1.165, 1.54) is 7.11 Å². The smallest absolute Gasteiger partial charge is 0.356 e. The molecule has 0 aromatic carbocycles. The van der Waals surface area contributed by atoms with Crippen LogP contribution in [0.3, 0.4) is 0 Å². The number of hydrogen-bond acceptors (Lipinski definition) is 5. The lowest BCUT2D eigenvalue weighted by molar-refractivity contribution is 0.0594. The first kappa shape index (κ1) is 10.8. The summed E-state index contributed by atoms with van der Waals surface area (Å²) in [5.74, 6) is -0.429. The van der Waals surface area contributed by atoms with Gasteiger partial charge in [-0.2, -0.15) is 0 Å². The lowest BCUT2D eigenvalue weighted by Crippen LogP contribution is -2.03. The first-order chi connectivity index (χ1) is 7.70. The fourth-order valence-electron chi connectivity index (χ4n) is 1.23. The van der Waals surface area contributed by atoms with E-state index < -0.39 is 5.97 Å². The van der Waals surface area contributed by atoms with Gasteiger partial charge in [0.25, 0.3) is 0 Å². The minimum absolute atomic E-state index is 0.305. The van der Waals surface area contributed by atoms with Crippen LogP contribution >= 0.6 is 11.3 Å². The lowest BCUT2D eigenvalue weighted by Gasteiger charge is -1.99. The highest BCUT2D eigenvalue weighted by atomic mass is 32.1. The topological polar surface area (TPSA) is 52.1 Å². The van der Waals surface area contributed by atoms with Gasteiger partial charge in [0.2, 0.25) is 0 Å². The van der Waals surface area contributed by atoms with Gasteiger partial charge in [-0.15, -0.1) is 11.3 Å². The number of hydrogen-bond donors (Lipinski definition) is 0. The van der Waals surface area contributed by atoms with E-state index in [1.807, 2.05) is 18.4 Å². The van der Waals surface area contributed by atoms with Crippen molar-refractivity contribution in [1.29, 1.82) is 0 Å². The number of rotatable bonds is 2. The zero-order valence-corrected chi connectivity index (χ0v) is 9.75. The number of thiazole rings is 1. The van der Waals surface area contributed by atoms with Gasteiger partial charge in [-0.05, 0) is 19.1 Å². The van der Waals surface area contributed by atoms with Crippen molar-refractivity contribution in [2.75, 3.05) is 7.11 Å². The second-order valence-electron chi connectivity index (χ2n) is 3.22. The number of carbonyl (C=O) groups excluding carboxylic acids is 1. The molecule has 4 nitrogen and oxygen atoms in total. The maximum Gasteiger partial charge on any atom is 0.356 e. The second-order valence-corrected chi connectivity index (χ2v) is 4.08. The zero-order valence-electron chi connectivity index (χ0n) is 8.93. The lowest BCUT2D eigenvalue weighted by atomic mass is 10.2. The highest BCUT2D eigenvalue weighted by Crippen LogP contribution is 2.22. The van der Waals surface area contributed by atoms with Crippen LogP contribution in [0.2, 0.25) is 0 Å². The van der Waals surface area contributed by atoms with Crippen molar-refractivity contribution in [2.24, 2.45) is 0 Å². The van der Waals surface area contributed by atoms with Crippen LogP contribution in [-0.4, -0.2) is 23.0 Å². The molecule has 0 bridgehead atoms. The van der Waals surface area contributed by atoms with Crippen LogP contribution in [0.5, 0.6) is 0 Å². The summed E-state index contributed by atoms with van der Waals surface area (Å²) in [4.78, 5) is 19.5. The van der Waals surface area contributed by atoms with E-state index in [1.54, 1.807) is 23.6 Å². The molecule has 0 aliphatic carbocycles. The van der Waals surface area contributed by atoms with Crippen molar-refractivity contribution in [2.45, 2.75) is 6.92 Å². The maximum atomic E-state index is 11.2. The molecule has 0 atom stereocenters. The summed E-state index contributed by atoms with van der Waals surface area (Å²) in [6.07, 6.45) is 1.63. The fourth-order valence-corrected chi connectivity index (χ4v) is 2.02. The monoisotopic (exact) mass is 234 g/mol. The fraction of sp³-hybridized carbons (Fsp3) is 0.182. The van der Waals surface area contributed by atoms with Gasteiger partial charge in [0.1, 0.15) is 10.7 Å². The van der Waals surface area contributed by atoms with E-state index in [0.29, 0.717) is 5.69 Å². The summed E-state index contributed by atoms with van der Waals surface area (Å²) in [5, 5.41) is 2.88. The molecule has 0 N–H and O–H groups in total. The van der Waals surface area contributed by atoms with E-state index in [0.717, 1.165) is 16.3 Å². The van der Waals surface area contributed by atoms with E-state index in [9.17, 15) is 4.79 Å². The van der Waals surface area contributed by atoms with Crippen LogP contribution in [0.1, 0.15) is 16.2 Å². The third kappa shape index (κ3) is 2.09. The summed E-state index contributed by atoms with van der Waals surface area (Å²) >= 11 is 1.56. The van der Waals surface area contributed by atoms with E-state index in [2.05, 4.69) is 14.7 Å². The molecular formula is C11H10N2O2S. The third-order valence-electron chi connectivity index (χ3n) is 2.02. The molecule has 0 amide bonds. The normalized spacial score (nSPS) is 10.1. The number of nitrogens with zero attached hydrogens (tertiary/aromatic N) is 2. The highest BCUT2D eigenvalue weighted by Gasteiger charge is 2.08. The van der Waals surface area contributed by atoms with E-state index >= 15 is 0 Å². The average molecular weight is 234 g/mol. The minimum atomic E-state index is -0.429. The Labute approximate surface area is 96.9 Å². The summed E-state index contributed by atoms with van der Waals surface area (Å²) in [6, 6.07) is 3.45. The van der Waals surface area contributed by atoms with Crippen molar-refractivity contribution < 1.29 is 9.53 Å². The Hall–Kier alpha value is -1.75. The summed E-state index contributed by atoms with van der Waals surface area (Å²) in [5.41, 5.74) is 2.20. The van der Waals surface area contributed by atoms with Gasteiger partial charge in [-0.1, -0.05) is 0 Å². The van der Waals surface area contributed by atoms with Gasteiger partial charge < -0.3 is 4.74 Å². The zero-order chi connectivity index (χ0) is 11.5. The van der Waals surface area contributed by atoms with Crippen molar-refractivity contribution in [3.63, 3.8) is 0 Å². The first-order valence-corrected chi connectivity index (χ1v) is 5.55. The third-order valence-corrected chi connectivity index (χ3v) is 3.03. The predicted molar refractivity (Wildman–Crippen MR) is 61.4 cm³/mol. The van der Waals surface area contributed by atoms with Crippen LogP contribution in [0.25, 0.3) is 10.6 Å². The Bertz CT molecular complexity index is 505. The second kappa shape index (κ2) is 4.40. The molecule has 82 valence electrons. The Morgan fingerprint density at radius 2 is 2.25 bits per heavy atom. The molecule has 0 saturated heterocycles. The van der Waals surface area contributed by atoms with Gasteiger partial charge in [0, 0.05) is 22.8 Å². The number of carbonyl (C=O) groups is 1. The molecule has 0 aliphatic heterocycles. The van der Waals surface area contributed by atoms with E-state index in [-0.39, 0.29) is 0 Å². The number of ether oxygens (including phenoxy) is 1. The number of methoxy groups -OCH3 is 1. The Balaban J connectivity index is 2.29. The molecule has 0 radical (unpaired) electrons.